The minimum Gasteiger partial charge on any atom is -0.381 e. The number of amides is 2. The van der Waals surface area contributed by atoms with E-state index in [2.05, 4.69) is 15.6 Å². The van der Waals surface area contributed by atoms with Gasteiger partial charge < -0.3 is 15.4 Å². The van der Waals surface area contributed by atoms with Gasteiger partial charge in [0.15, 0.2) is 5.13 Å². The average Bonchev–Trinajstić information content (AvgIpc) is 3.10. The highest BCUT2D eigenvalue weighted by molar-refractivity contribution is 7.22. The van der Waals surface area contributed by atoms with Crippen LogP contribution in [0.25, 0.3) is 10.2 Å². The molecule has 0 bridgehead atoms. The van der Waals surface area contributed by atoms with Gasteiger partial charge in [0.1, 0.15) is 5.82 Å². The summed E-state index contributed by atoms with van der Waals surface area (Å²) >= 11 is 1.34. The molecule has 0 radical (unpaired) electrons. The molecule has 150 valence electrons. The Labute approximate surface area is 171 Å². The van der Waals surface area contributed by atoms with Crippen LogP contribution in [-0.4, -0.2) is 30.0 Å². The maximum absolute atomic E-state index is 13.4. The second-order valence-corrected chi connectivity index (χ2v) is 8.07. The van der Waals surface area contributed by atoms with Gasteiger partial charge in [0.05, 0.1) is 15.6 Å². The first-order valence-corrected chi connectivity index (χ1v) is 10.1. The van der Waals surface area contributed by atoms with Crippen molar-refractivity contribution >= 4 is 44.2 Å². The molecule has 1 aromatic heterocycles. The summed E-state index contributed by atoms with van der Waals surface area (Å²) < 4.78 is 19.7. The molecule has 6 nitrogen and oxygen atoms in total. The van der Waals surface area contributed by atoms with Gasteiger partial charge in [-0.05, 0) is 48.7 Å². The Hall–Kier alpha value is -2.84. The zero-order valence-electron chi connectivity index (χ0n) is 15.8. The number of fused-ring (bicyclic) bond motifs is 1. The molecular weight excluding hydrogens is 393 g/mol. The number of nitrogens with one attached hydrogen (secondary N) is 2. The highest BCUT2D eigenvalue weighted by atomic mass is 32.1. The molecule has 0 saturated carbocycles. The summed E-state index contributed by atoms with van der Waals surface area (Å²) in [6.07, 6.45) is 1.03. The first-order valence-electron chi connectivity index (χ1n) is 9.30. The number of benzene rings is 2. The van der Waals surface area contributed by atoms with Crippen LogP contribution in [0.2, 0.25) is 0 Å². The number of aromatic nitrogens is 1. The van der Waals surface area contributed by atoms with Crippen LogP contribution in [0.1, 0.15) is 25.3 Å². The van der Waals surface area contributed by atoms with E-state index in [1.807, 2.05) is 6.07 Å². The van der Waals surface area contributed by atoms with Crippen LogP contribution in [0, 0.1) is 5.82 Å². The van der Waals surface area contributed by atoms with E-state index in [0.29, 0.717) is 36.9 Å². The topological polar surface area (TPSA) is 80.3 Å². The zero-order valence-corrected chi connectivity index (χ0v) is 16.6. The molecule has 2 aromatic carbocycles. The first-order chi connectivity index (χ1) is 14.0. The number of thiazole rings is 1. The Morgan fingerprint density at radius 3 is 2.52 bits per heavy atom. The fourth-order valence-electron chi connectivity index (χ4n) is 3.61. The van der Waals surface area contributed by atoms with Gasteiger partial charge in [0.25, 0.3) is 0 Å². The van der Waals surface area contributed by atoms with E-state index in [9.17, 15) is 14.0 Å². The summed E-state index contributed by atoms with van der Waals surface area (Å²) in [5, 5.41) is 6.17. The number of hydrogen-bond donors (Lipinski definition) is 2. The smallest absolute Gasteiger partial charge is 0.236 e. The van der Waals surface area contributed by atoms with E-state index in [-0.39, 0.29) is 17.6 Å². The highest BCUT2D eigenvalue weighted by Crippen LogP contribution is 2.37. The summed E-state index contributed by atoms with van der Waals surface area (Å²) in [6.45, 7) is 2.38. The van der Waals surface area contributed by atoms with E-state index in [0.717, 1.165) is 15.8 Å². The maximum Gasteiger partial charge on any atom is 0.236 e. The summed E-state index contributed by atoms with van der Waals surface area (Å²) in [5.74, 6) is -0.658. The van der Waals surface area contributed by atoms with Crippen LogP contribution in [0.3, 0.4) is 0 Å². The van der Waals surface area contributed by atoms with Crippen molar-refractivity contribution in [3.63, 3.8) is 0 Å². The fourth-order valence-corrected chi connectivity index (χ4v) is 4.51. The number of rotatable bonds is 4. The van der Waals surface area contributed by atoms with E-state index in [4.69, 9.17) is 4.74 Å². The van der Waals surface area contributed by atoms with Gasteiger partial charge in [-0.2, -0.15) is 0 Å². The molecular formula is C21H20FN3O3S. The first kappa shape index (κ1) is 19.5. The van der Waals surface area contributed by atoms with Crippen molar-refractivity contribution in [1.29, 1.82) is 0 Å². The molecule has 1 aliphatic rings. The number of halogens is 1. The highest BCUT2D eigenvalue weighted by Gasteiger charge is 2.42. The Bertz CT molecular complexity index is 1060. The average molecular weight is 413 g/mol. The van der Waals surface area contributed by atoms with Gasteiger partial charge in [-0.25, -0.2) is 9.37 Å². The van der Waals surface area contributed by atoms with Crippen molar-refractivity contribution in [3.8, 4) is 0 Å². The van der Waals surface area contributed by atoms with E-state index < -0.39 is 5.41 Å². The van der Waals surface area contributed by atoms with Gasteiger partial charge in [-0.3, -0.25) is 9.59 Å². The lowest BCUT2D eigenvalue weighted by atomic mass is 9.73. The largest absolute Gasteiger partial charge is 0.381 e. The number of carbonyl (C=O) groups excluding carboxylic acids is 2. The van der Waals surface area contributed by atoms with Crippen LogP contribution >= 0.6 is 11.3 Å². The SMILES string of the molecule is CC(=O)Nc1ccc2nc(NC(=O)C3(c4ccc(F)cc4)CCOCC3)sc2c1. The second-order valence-electron chi connectivity index (χ2n) is 7.04. The van der Waals surface area contributed by atoms with Crippen LogP contribution in [0.5, 0.6) is 0 Å². The molecule has 3 aromatic rings. The predicted molar refractivity (Wildman–Crippen MR) is 111 cm³/mol. The van der Waals surface area contributed by atoms with Crippen molar-refractivity contribution < 1.29 is 18.7 Å². The number of anilines is 2. The second kappa shape index (κ2) is 7.88. The molecule has 8 heteroatoms. The van der Waals surface area contributed by atoms with Gasteiger partial charge in [-0.1, -0.05) is 23.5 Å². The van der Waals surface area contributed by atoms with Gasteiger partial charge in [-0.15, -0.1) is 0 Å². The van der Waals surface area contributed by atoms with Crippen LogP contribution < -0.4 is 10.6 Å². The Morgan fingerprint density at radius 2 is 1.83 bits per heavy atom. The van der Waals surface area contributed by atoms with E-state index in [1.165, 1.54) is 30.4 Å². The van der Waals surface area contributed by atoms with E-state index in [1.54, 1.807) is 24.3 Å². The van der Waals surface area contributed by atoms with Gasteiger partial charge >= 0.3 is 0 Å². The number of hydrogen-bond acceptors (Lipinski definition) is 5. The summed E-state index contributed by atoms with van der Waals surface area (Å²) in [6, 6.07) is 11.5. The minimum atomic E-state index is -0.787. The zero-order chi connectivity index (χ0) is 20.4. The third kappa shape index (κ3) is 3.99. The maximum atomic E-state index is 13.4. The lowest BCUT2D eigenvalue weighted by Crippen LogP contribution is -2.44. The van der Waals surface area contributed by atoms with Crippen molar-refractivity contribution in [2.24, 2.45) is 0 Å². The monoisotopic (exact) mass is 413 g/mol. The molecule has 0 unspecified atom stereocenters. The Balaban J connectivity index is 1.62. The fraction of sp³-hybridized carbons (Fsp3) is 0.286. The molecule has 29 heavy (non-hydrogen) atoms. The molecule has 2 N–H and O–H groups in total. The van der Waals surface area contributed by atoms with Crippen LogP contribution in [0.15, 0.2) is 42.5 Å². The number of ether oxygens (including phenoxy) is 1. The predicted octanol–water partition coefficient (Wildman–Crippen LogP) is 4.08. The van der Waals surface area contributed by atoms with Crippen molar-refractivity contribution in [3.05, 3.63) is 53.8 Å². The minimum absolute atomic E-state index is 0.150. The third-order valence-corrected chi connectivity index (χ3v) is 6.04. The molecule has 0 spiro atoms. The molecule has 2 amide bonds. The molecule has 1 fully saturated rings. The molecule has 1 aliphatic heterocycles. The van der Waals surface area contributed by atoms with E-state index >= 15 is 0 Å². The lowest BCUT2D eigenvalue weighted by molar-refractivity contribution is -0.125. The quantitative estimate of drug-likeness (QED) is 0.675. The number of carbonyl (C=O) groups is 2. The van der Waals surface area contributed by atoms with Gasteiger partial charge in [0.2, 0.25) is 11.8 Å². The molecule has 0 atom stereocenters. The third-order valence-electron chi connectivity index (χ3n) is 5.11. The molecule has 1 saturated heterocycles. The van der Waals surface area contributed by atoms with Crippen LogP contribution in [-0.2, 0) is 19.7 Å². The lowest BCUT2D eigenvalue weighted by Gasteiger charge is -2.35. The molecule has 0 aliphatic carbocycles. The molecule has 4 rings (SSSR count). The Kier molecular flexibility index (Phi) is 5.29. The van der Waals surface area contributed by atoms with Crippen molar-refractivity contribution in [2.45, 2.75) is 25.2 Å². The molecule has 2 heterocycles. The standard InChI is InChI=1S/C21H20FN3O3S/c1-13(26)23-16-6-7-17-18(12-16)29-20(24-17)25-19(27)21(8-10-28-11-9-21)14-2-4-15(22)5-3-14/h2-7,12H,8-11H2,1H3,(H,23,26)(H,24,25,27). The van der Waals surface area contributed by atoms with Crippen LogP contribution in [0.4, 0.5) is 15.2 Å². The van der Waals surface area contributed by atoms with Gasteiger partial charge in [0, 0.05) is 25.8 Å². The Morgan fingerprint density at radius 1 is 1.10 bits per heavy atom. The summed E-state index contributed by atoms with van der Waals surface area (Å²) in [5.41, 5.74) is 1.40. The van der Waals surface area contributed by atoms with Crippen molar-refractivity contribution in [1.82, 2.24) is 4.98 Å². The number of nitrogens with zero attached hydrogens (tertiary/aromatic N) is 1. The summed E-state index contributed by atoms with van der Waals surface area (Å²) in [7, 11) is 0. The summed E-state index contributed by atoms with van der Waals surface area (Å²) in [4.78, 5) is 29.1. The van der Waals surface area contributed by atoms with Crippen molar-refractivity contribution in [2.75, 3.05) is 23.8 Å². The normalized spacial score (nSPS) is 15.8.